The first-order valence-corrected chi connectivity index (χ1v) is 29.9. The highest BCUT2D eigenvalue weighted by molar-refractivity contribution is 6.05. The average molecular weight is 1160 g/mol. The standard InChI is InChI=1S/2C38H32N2O4/c1-2-4-24-42-33-17-19-34(20-18-33)44-26-25-43-32-15-9-28(10-16-32)36-22-12-30-6-5-29-11-21-35(39-37(29)38(30)40-36)27-7-13-31(14-8-27)41-23-3-1;1-2-4-23-42-33-6-5-7-34(26-33)44-25-24-43-32-18-12-28(13-19-32)36-21-15-30-9-8-29-14-20-35(39-37(29)38(30)40-36)27-10-16-31(17-11-27)41-22-3-1/h1-2,5-22H,3-4,23-26H2;1-2,5-21,26H,3-4,22-25H2. The fourth-order valence-electron chi connectivity index (χ4n) is 10.4. The van der Waals surface area contributed by atoms with Gasteiger partial charge >= 0.3 is 0 Å². The topological polar surface area (TPSA) is 125 Å². The molecule has 0 N–H and O–H groups in total. The summed E-state index contributed by atoms with van der Waals surface area (Å²) >= 11 is 0. The van der Waals surface area contributed by atoms with Crippen molar-refractivity contribution in [3.8, 4) is 91.0 Å². The van der Waals surface area contributed by atoms with Gasteiger partial charge in [-0.05, 0) is 183 Å². The van der Waals surface area contributed by atoms with Gasteiger partial charge in [0.25, 0.3) is 0 Å². The molecule has 0 atom stereocenters. The molecule has 7 aliphatic heterocycles. The molecule has 0 saturated heterocycles. The number of ether oxygens (including phenoxy) is 8. The van der Waals surface area contributed by atoms with E-state index in [0.717, 1.165) is 160 Å². The number of hydrogen-bond acceptors (Lipinski definition) is 12. The van der Waals surface area contributed by atoms with Crippen LogP contribution in [0.4, 0.5) is 0 Å². The summed E-state index contributed by atoms with van der Waals surface area (Å²) in [7, 11) is 0. The third-order valence-corrected chi connectivity index (χ3v) is 15.1. The van der Waals surface area contributed by atoms with Gasteiger partial charge in [0, 0.05) is 49.9 Å². The zero-order valence-corrected chi connectivity index (χ0v) is 48.6. The first kappa shape index (κ1) is 56.4. The lowest BCUT2D eigenvalue weighted by molar-refractivity contribution is 0.216. The number of aromatic nitrogens is 4. The van der Waals surface area contributed by atoms with Crippen LogP contribution in [0.25, 0.3) is 88.6 Å². The molecular weight excluding hydrogens is 1100 g/mol. The zero-order chi connectivity index (χ0) is 59.1. The monoisotopic (exact) mass is 1160 g/mol. The summed E-state index contributed by atoms with van der Waals surface area (Å²) in [4.78, 5) is 20.3. The minimum Gasteiger partial charge on any atom is -0.493 e. The van der Waals surface area contributed by atoms with Crippen molar-refractivity contribution in [2.75, 3.05) is 52.9 Å². The van der Waals surface area contributed by atoms with Gasteiger partial charge in [-0.1, -0.05) is 78.9 Å². The van der Waals surface area contributed by atoms with Crippen molar-refractivity contribution in [1.29, 1.82) is 0 Å². The molecule has 0 radical (unpaired) electrons. The SMILES string of the molecule is C1=CCCOc2ccc(cc2)-c2ccc3ccc4ccc(nc4c3n2)-c2ccc(cc2)OCCOc2ccc(cc2)OCC1.C1=CCCOc2cccc(c2)OCCOc2ccc(cc2)-c2ccc3ccc4ccc(nc4c3n2)-c2ccc(cc2)OCC1. The molecular formula is C76H64N4O8. The smallest absolute Gasteiger partial charge is 0.123 e. The fourth-order valence-corrected chi connectivity index (χ4v) is 10.4. The largest absolute Gasteiger partial charge is 0.493 e. The van der Waals surface area contributed by atoms with Gasteiger partial charge in [0.2, 0.25) is 0 Å². The second-order valence-electron chi connectivity index (χ2n) is 21.1. The van der Waals surface area contributed by atoms with Crippen molar-refractivity contribution in [2.24, 2.45) is 0 Å². The van der Waals surface area contributed by atoms with Gasteiger partial charge in [0.1, 0.15) is 72.4 Å². The number of hydrogen-bond donors (Lipinski definition) is 0. The molecule has 0 spiro atoms. The lowest BCUT2D eigenvalue weighted by Gasteiger charge is -2.11. The van der Waals surface area contributed by atoms with Crippen LogP contribution in [0.1, 0.15) is 25.7 Å². The minimum absolute atomic E-state index is 0.424. The molecule has 8 aromatic carbocycles. The molecule has 7 aliphatic rings. The van der Waals surface area contributed by atoms with Crippen LogP contribution in [0.2, 0.25) is 0 Å². The Morgan fingerprint density at radius 1 is 0.205 bits per heavy atom. The molecule has 19 rings (SSSR count). The van der Waals surface area contributed by atoms with Gasteiger partial charge in [0.15, 0.2) is 0 Å². The third-order valence-electron chi connectivity index (χ3n) is 15.1. The van der Waals surface area contributed by atoms with Gasteiger partial charge in [-0.3, -0.25) is 0 Å². The van der Waals surface area contributed by atoms with E-state index in [4.69, 9.17) is 57.8 Å². The van der Waals surface area contributed by atoms with Crippen LogP contribution < -0.4 is 37.9 Å². The predicted molar refractivity (Wildman–Crippen MR) is 349 cm³/mol. The number of rotatable bonds is 0. The van der Waals surface area contributed by atoms with E-state index < -0.39 is 0 Å². The third kappa shape index (κ3) is 14.2. The molecule has 0 fully saturated rings. The summed E-state index contributed by atoms with van der Waals surface area (Å²) in [5.74, 6) is 6.37. The van der Waals surface area contributed by atoms with E-state index in [9.17, 15) is 0 Å². The number of nitrogens with zero attached hydrogens (tertiary/aromatic N) is 4. The maximum atomic E-state index is 5.97. The predicted octanol–water partition coefficient (Wildman–Crippen LogP) is 17.4. The Balaban J connectivity index is 0.000000162. The van der Waals surface area contributed by atoms with Crippen molar-refractivity contribution in [1.82, 2.24) is 19.9 Å². The first-order chi connectivity index (χ1) is 43.6. The summed E-state index contributed by atoms with van der Waals surface area (Å²) in [5.41, 5.74) is 11.2. The fraction of sp³-hybridized carbons (Fsp3) is 0.158. The summed E-state index contributed by atoms with van der Waals surface area (Å²) in [6.45, 7) is 4.15. The zero-order valence-electron chi connectivity index (χ0n) is 48.6. The van der Waals surface area contributed by atoms with Crippen molar-refractivity contribution in [3.63, 3.8) is 0 Å². The second-order valence-corrected chi connectivity index (χ2v) is 21.1. The van der Waals surface area contributed by atoms with E-state index in [-0.39, 0.29) is 0 Å². The Hall–Kier alpha value is -10.7. The van der Waals surface area contributed by atoms with Crippen molar-refractivity contribution in [3.05, 3.63) is 243 Å². The van der Waals surface area contributed by atoms with E-state index in [1.165, 1.54) is 0 Å². The van der Waals surface area contributed by atoms with Crippen LogP contribution in [-0.2, 0) is 0 Å². The van der Waals surface area contributed by atoms with E-state index in [2.05, 4.69) is 121 Å². The number of benzene rings is 8. The lowest BCUT2D eigenvalue weighted by atomic mass is 10.1. The summed E-state index contributed by atoms with van der Waals surface area (Å²) in [6, 6.07) is 72.7. The molecule has 11 heterocycles. The lowest BCUT2D eigenvalue weighted by Crippen LogP contribution is -2.09. The Labute approximate surface area is 511 Å². The summed E-state index contributed by atoms with van der Waals surface area (Å²) in [6.07, 6.45) is 11.8. The van der Waals surface area contributed by atoms with E-state index in [0.29, 0.717) is 52.9 Å². The van der Waals surface area contributed by atoms with Crippen LogP contribution in [0.5, 0.6) is 46.0 Å². The van der Waals surface area contributed by atoms with Gasteiger partial charge in [0.05, 0.1) is 71.3 Å². The minimum atomic E-state index is 0.424. The quantitative estimate of drug-likeness (QED) is 0.106. The maximum absolute atomic E-state index is 5.97. The van der Waals surface area contributed by atoms with E-state index >= 15 is 0 Å². The molecule has 0 unspecified atom stereocenters. The Kier molecular flexibility index (Phi) is 17.7. The van der Waals surface area contributed by atoms with Crippen LogP contribution in [0, 0.1) is 0 Å². The van der Waals surface area contributed by atoms with E-state index in [1.807, 2.05) is 121 Å². The van der Waals surface area contributed by atoms with Crippen LogP contribution in [0.3, 0.4) is 0 Å². The molecule has 4 aromatic heterocycles. The molecule has 88 heavy (non-hydrogen) atoms. The van der Waals surface area contributed by atoms with Crippen LogP contribution >= 0.6 is 0 Å². The number of pyridine rings is 4. The highest BCUT2D eigenvalue weighted by atomic mass is 16.5. The van der Waals surface area contributed by atoms with Gasteiger partial charge in [-0.25, -0.2) is 19.9 Å². The van der Waals surface area contributed by atoms with Crippen LogP contribution in [0.15, 0.2) is 243 Å². The molecule has 12 heteroatoms. The first-order valence-electron chi connectivity index (χ1n) is 29.9. The second kappa shape index (κ2) is 27.5. The maximum Gasteiger partial charge on any atom is 0.123 e. The molecule has 0 saturated carbocycles. The van der Waals surface area contributed by atoms with Gasteiger partial charge in [-0.15, -0.1) is 0 Å². The summed E-state index contributed by atoms with van der Waals surface area (Å²) < 4.78 is 47.3. The van der Waals surface area contributed by atoms with Crippen molar-refractivity contribution in [2.45, 2.75) is 25.7 Å². The van der Waals surface area contributed by atoms with Crippen molar-refractivity contribution >= 4 is 43.6 Å². The Bertz CT molecular complexity index is 4380. The molecule has 0 aliphatic carbocycles. The van der Waals surface area contributed by atoms with E-state index in [1.54, 1.807) is 0 Å². The number of fused-ring (bicyclic) bond motifs is 5. The molecule has 436 valence electrons. The Morgan fingerprint density at radius 3 is 0.693 bits per heavy atom. The van der Waals surface area contributed by atoms with Crippen molar-refractivity contribution < 1.29 is 37.9 Å². The molecule has 12 aromatic rings. The van der Waals surface area contributed by atoms with Gasteiger partial charge in [-0.2, -0.15) is 0 Å². The molecule has 12 nitrogen and oxygen atoms in total. The van der Waals surface area contributed by atoms with Gasteiger partial charge < -0.3 is 37.9 Å². The highest BCUT2D eigenvalue weighted by Gasteiger charge is 2.13. The average Bonchev–Trinajstić information content (AvgIpc) is 1.11. The Morgan fingerprint density at radius 2 is 0.420 bits per heavy atom. The normalized spacial score (nSPS) is 14.0. The summed E-state index contributed by atoms with van der Waals surface area (Å²) in [5, 5.41) is 4.21. The molecule has 20 bridgehead atoms. The highest BCUT2D eigenvalue weighted by Crippen LogP contribution is 2.33. The molecule has 0 amide bonds. The van der Waals surface area contributed by atoms with Crippen LogP contribution in [-0.4, -0.2) is 72.8 Å².